The lowest BCUT2D eigenvalue weighted by molar-refractivity contribution is 0.0694. The number of aromatic carboxylic acids is 1. The van der Waals surface area contributed by atoms with Gasteiger partial charge in [0.15, 0.2) is 16.9 Å². The summed E-state index contributed by atoms with van der Waals surface area (Å²) < 4.78 is 7.00. The third kappa shape index (κ3) is 2.13. The van der Waals surface area contributed by atoms with Crippen molar-refractivity contribution < 1.29 is 19.7 Å². The van der Waals surface area contributed by atoms with Gasteiger partial charge >= 0.3 is 5.97 Å². The molecule has 7 heteroatoms. The van der Waals surface area contributed by atoms with Crippen LogP contribution in [0.2, 0.25) is 0 Å². The standard InChI is InChI=1S/C19H20N2O5/c1-19(2)5-4-13-10-6-16(23)17(26-3)7-11(10)14-8-15(22)12(18(24)25)9-20(14)21(13)19/h6-9,13,23H,4-5H2,1-3H3,(H,24,25)/t13-/m1/s1. The van der Waals surface area contributed by atoms with E-state index in [0.29, 0.717) is 11.4 Å². The van der Waals surface area contributed by atoms with Crippen LogP contribution < -0.4 is 15.2 Å². The average molecular weight is 356 g/mol. The van der Waals surface area contributed by atoms with Gasteiger partial charge in [-0.25, -0.2) is 4.79 Å². The van der Waals surface area contributed by atoms with E-state index in [4.69, 9.17) is 4.74 Å². The first kappa shape index (κ1) is 16.5. The highest BCUT2D eigenvalue weighted by atomic mass is 16.5. The molecule has 1 fully saturated rings. The molecule has 0 unspecified atom stereocenters. The van der Waals surface area contributed by atoms with Gasteiger partial charge < -0.3 is 14.9 Å². The second kappa shape index (κ2) is 5.27. The number of aromatic hydroxyl groups is 1. The van der Waals surface area contributed by atoms with E-state index in [0.717, 1.165) is 24.0 Å². The first-order valence-corrected chi connectivity index (χ1v) is 8.45. The van der Waals surface area contributed by atoms with Crippen molar-refractivity contribution in [2.75, 3.05) is 12.1 Å². The average Bonchev–Trinajstić information content (AvgIpc) is 2.89. The SMILES string of the molecule is COc1cc2c(cc1O)[C@H]1CCC(C)(C)N1n1cc(C(=O)O)c(=O)cc1-2. The Kier molecular flexibility index (Phi) is 3.34. The Labute approximate surface area is 150 Å². The first-order chi connectivity index (χ1) is 12.2. The zero-order chi connectivity index (χ0) is 18.8. The molecule has 7 nitrogen and oxygen atoms in total. The summed E-state index contributed by atoms with van der Waals surface area (Å²) >= 11 is 0. The Morgan fingerprint density at radius 2 is 2.04 bits per heavy atom. The fourth-order valence-corrected chi connectivity index (χ4v) is 4.19. The predicted octanol–water partition coefficient (Wildman–Crippen LogP) is 2.49. The smallest absolute Gasteiger partial charge is 0.341 e. The van der Waals surface area contributed by atoms with Crippen molar-refractivity contribution in [3.63, 3.8) is 0 Å². The molecular formula is C19H20N2O5. The highest BCUT2D eigenvalue weighted by molar-refractivity contribution is 5.88. The molecule has 0 radical (unpaired) electrons. The molecule has 4 rings (SSSR count). The van der Waals surface area contributed by atoms with Gasteiger partial charge in [0.25, 0.3) is 0 Å². The number of methoxy groups -OCH3 is 1. The summed E-state index contributed by atoms with van der Waals surface area (Å²) in [6.07, 6.45) is 3.17. The van der Waals surface area contributed by atoms with E-state index in [1.807, 2.05) is 0 Å². The lowest BCUT2D eigenvalue weighted by Gasteiger charge is -2.44. The number of fused-ring (bicyclic) bond motifs is 6. The van der Waals surface area contributed by atoms with Crippen molar-refractivity contribution >= 4 is 5.97 Å². The molecule has 2 aromatic rings. The lowest BCUT2D eigenvalue weighted by Crippen LogP contribution is -2.50. The quantitative estimate of drug-likeness (QED) is 0.859. The minimum atomic E-state index is -1.24. The summed E-state index contributed by atoms with van der Waals surface area (Å²) in [5, 5.41) is 21.7. The van der Waals surface area contributed by atoms with E-state index in [2.05, 4.69) is 18.9 Å². The molecule has 2 N–H and O–H groups in total. The van der Waals surface area contributed by atoms with Gasteiger partial charge in [0.1, 0.15) is 5.56 Å². The monoisotopic (exact) mass is 356 g/mol. The molecule has 2 aliphatic rings. The maximum absolute atomic E-state index is 12.3. The lowest BCUT2D eigenvalue weighted by atomic mass is 9.93. The van der Waals surface area contributed by atoms with Gasteiger partial charge in [-0.2, -0.15) is 0 Å². The maximum atomic E-state index is 12.3. The first-order valence-electron chi connectivity index (χ1n) is 8.45. The number of nitrogens with zero attached hydrogens (tertiary/aromatic N) is 2. The van der Waals surface area contributed by atoms with Crippen molar-refractivity contribution in [3.8, 4) is 22.8 Å². The molecule has 1 aromatic carbocycles. The molecule has 0 amide bonds. The fourth-order valence-electron chi connectivity index (χ4n) is 4.19. The van der Waals surface area contributed by atoms with Crippen LogP contribution in [0.1, 0.15) is 48.7 Å². The highest BCUT2D eigenvalue weighted by Gasteiger charge is 2.45. The van der Waals surface area contributed by atoms with E-state index in [1.165, 1.54) is 19.4 Å². The number of ether oxygens (including phenoxy) is 1. The third-order valence-corrected chi connectivity index (χ3v) is 5.42. The van der Waals surface area contributed by atoms with Gasteiger partial charge in [-0.1, -0.05) is 0 Å². The molecule has 1 aromatic heterocycles. The Hall–Kier alpha value is -2.96. The van der Waals surface area contributed by atoms with Gasteiger partial charge in [0.2, 0.25) is 0 Å². The molecule has 0 bridgehead atoms. The third-order valence-electron chi connectivity index (χ3n) is 5.42. The van der Waals surface area contributed by atoms with Gasteiger partial charge in [-0.3, -0.25) is 14.5 Å². The van der Waals surface area contributed by atoms with Crippen LogP contribution in [0.5, 0.6) is 11.5 Å². The van der Waals surface area contributed by atoms with Crippen LogP contribution in [-0.4, -0.2) is 33.5 Å². The van der Waals surface area contributed by atoms with Crippen LogP contribution >= 0.6 is 0 Å². The minimum absolute atomic E-state index is 0.0200. The van der Waals surface area contributed by atoms with E-state index < -0.39 is 11.4 Å². The van der Waals surface area contributed by atoms with E-state index in [1.54, 1.807) is 16.8 Å². The van der Waals surface area contributed by atoms with Crippen molar-refractivity contribution in [2.45, 2.75) is 38.3 Å². The van der Waals surface area contributed by atoms with Crippen LogP contribution in [0.15, 0.2) is 29.2 Å². The Morgan fingerprint density at radius 3 is 2.69 bits per heavy atom. The number of phenols is 1. The van der Waals surface area contributed by atoms with Crippen molar-refractivity contribution in [3.05, 3.63) is 45.7 Å². The number of phenolic OH excluding ortho intramolecular Hbond substituents is 1. The summed E-state index contributed by atoms with van der Waals surface area (Å²) in [5.41, 5.74) is 1.25. The number of hydrogen-bond acceptors (Lipinski definition) is 5. The van der Waals surface area contributed by atoms with Crippen LogP contribution in [0.25, 0.3) is 11.3 Å². The number of carbonyl (C=O) groups is 1. The molecule has 0 spiro atoms. The molecular weight excluding hydrogens is 336 g/mol. The van der Waals surface area contributed by atoms with Gasteiger partial charge in [0, 0.05) is 17.8 Å². The normalized spacial score (nSPS) is 19.5. The number of carboxylic acids is 1. The number of aromatic nitrogens is 1. The molecule has 136 valence electrons. The number of pyridine rings is 1. The van der Waals surface area contributed by atoms with Gasteiger partial charge in [-0.15, -0.1) is 0 Å². The van der Waals surface area contributed by atoms with Crippen LogP contribution in [0, 0.1) is 0 Å². The largest absolute Gasteiger partial charge is 0.504 e. The second-order valence-corrected chi connectivity index (χ2v) is 7.41. The number of hydrogen-bond donors (Lipinski definition) is 2. The van der Waals surface area contributed by atoms with Crippen LogP contribution in [-0.2, 0) is 0 Å². The Balaban J connectivity index is 2.07. The van der Waals surface area contributed by atoms with Gasteiger partial charge in [-0.05, 0) is 44.4 Å². The number of carboxylic acid groups (broad SMARTS) is 1. The summed E-state index contributed by atoms with van der Waals surface area (Å²) in [4.78, 5) is 23.8. The predicted molar refractivity (Wildman–Crippen MR) is 95.6 cm³/mol. The van der Waals surface area contributed by atoms with E-state index >= 15 is 0 Å². The van der Waals surface area contributed by atoms with E-state index in [-0.39, 0.29) is 22.9 Å². The molecule has 3 heterocycles. The van der Waals surface area contributed by atoms with Crippen LogP contribution in [0.4, 0.5) is 0 Å². The molecule has 1 saturated heterocycles. The van der Waals surface area contributed by atoms with Crippen molar-refractivity contribution in [2.24, 2.45) is 0 Å². The minimum Gasteiger partial charge on any atom is -0.504 e. The zero-order valence-electron chi connectivity index (χ0n) is 14.8. The summed E-state index contributed by atoms with van der Waals surface area (Å²) in [6.45, 7) is 4.17. The zero-order valence-corrected chi connectivity index (χ0v) is 14.8. The number of benzene rings is 1. The topological polar surface area (TPSA) is 92.0 Å². The van der Waals surface area contributed by atoms with Crippen molar-refractivity contribution in [1.29, 1.82) is 0 Å². The fraction of sp³-hybridized carbons (Fsp3) is 0.368. The summed E-state index contributed by atoms with van der Waals surface area (Å²) in [6, 6.07) is 4.72. The second-order valence-electron chi connectivity index (χ2n) is 7.41. The Bertz CT molecular complexity index is 992. The molecule has 0 aliphatic carbocycles. The van der Waals surface area contributed by atoms with Crippen LogP contribution in [0.3, 0.4) is 0 Å². The Morgan fingerprint density at radius 1 is 1.31 bits per heavy atom. The molecule has 1 atom stereocenters. The highest BCUT2D eigenvalue weighted by Crippen LogP contribution is 2.50. The van der Waals surface area contributed by atoms with Gasteiger partial charge in [0.05, 0.1) is 24.4 Å². The molecule has 0 saturated carbocycles. The van der Waals surface area contributed by atoms with E-state index in [9.17, 15) is 19.8 Å². The summed E-state index contributed by atoms with van der Waals surface area (Å²) in [7, 11) is 1.47. The number of rotatable bonds is 2. The van der Waals surface area contributed by atoms with Crippen molar-refractivity contribution in [1.82, 2.24) is 4.68 Å². The maximum Gasteiger partial charge on any atom is 0.341 e. The summed E-state index contributed by atoms with van der Waals surface area (Å²) in [5.74, 6) is -0.877. The molecule has 26 heavy (non-hydrogen) atoms. The molecule has 2 aliphatic heterocycles.